The Morgan fingerprint density at radius 2 is 2.29 bits per heavy atom. The molecule has 2 heterocycles. The second-order valence-electron chi connectivity index (χ2n) is 3.01. The van der Waals surface area contributed by atoms with E-state index in [1.165, 1.54) is 23.3 Å². The molecule has 0 amide bonds. The molecule has 0 spiro atoms. The summed E-state index contributed by atoms with van der Waals surface area (Å²) < 4.78 is 6.17. The minimum Gasteiger partial charge on any atom is -0.461 e. The molecule has 88 valence electrons. The molecule has 0 aliphatic heterocycles. The minimum atomic E-state index is -0.576. The van der Waals surface area contributed by atoms with Gasteiger partial charge in [-0.25, -0.2) is 14.8 Å². The molecule has 0 aliphatic rings. The lowest BCUT2D eigenvalue weighted by molar-refractivity contribution is 0.0521. The molecule has 2 aromatic rings. The van der Waals surface area contributed by atoms with Crippen molar-refractivity contribution in [3.63, 3.8) is 0 Å². The number of carbonyl (C=O) groups is 1. The standard InChI is InChI=1S/C9H10N6O2/c1-2-17-8(16)6-7(10)15(5-12-6)9-11-3-4-13-14-9/h3-5H,2,10H2,1H3. The van der Waals surface area contributed by atoms with Gasteiger partial charge < -0.3 is 10.5 Å². The van der Waals surface area contributed by atoms with E-state index in [1.54, 1.807) is 6.92 Å². The van der Waals surface area contributed by atoms with Gasteiger partial charge in [-0.1, -0.05) is 0 Å². The molecule has 2 N–H and O–H groups in total. The van der Waals surface area contributed by atoms with Crippen molar-refractivity contribution in [2.75, 3.05) is 12.3 Å². The van der Waals surface area contributed by atoms with Crippen molar-refractivity contribution in [1.82, 2.24) is 24.7 Å². The van der Waals surface area contributed by atoms with Gasteiger partial charge in [0.1, 0.15) is 12.1 Å². The minimum absolute atomic E-state index is 0.0410. The second kappa shape index (κ2) is 4.56. The van der Waals surface area contributed by atoms with Crippen LogP contribution in [0.15, 0.2) is 18.7 Å². The first-order valence-corrected chi connectivity index (χ1v) is 4.88. The van der Waals surface area contributed by atoms with E-state index in [1.807, 2.05) is 0 Å². The molecule has 0 aromatic carbocycles. The highest BCUT2D eigenvalue weighted by Crippen LogP contribution is 2.14. The molecule has 8 heteroatoms. The number of nitrogen functional groups attached to an aromatic ring is 1. The normalized spacial score (nSPS) is 10.2. The number of anilines is 1. The number of imidazole rings is 1. The smallest absolute Gasteiger partial charge is 0.360 e. The van der Waals surface area contributed by atoms with Crippen molar-refractivity contribution in [1.29, 1.82) is 0 Å². The summed E-state index contributed by atoms with van der Waals surface area (Å²) in [5.74, 6) is -0.211. The Morgan fingerprint density at radius 3 is 2.94 bits per heavy atom. The highest BCUT2D eigenvalue weighted by atomic mass is 16.5. The van der Waals surface area contributed by atoms with E-state index in [2.05, 4.69) is 20.2 Å². The fourth-order valence-electron chi connectivity index (χ4n) is 1.22. The van der Waals surface area contributed by atoms with Crippen molar-refractivity contribution in [3.8, 4) is 5.95 Å². The van der Waals surface area contributed by atoms with Crippen LogP contribution in [0.2, 0.25) is 0 Å². The monoisotopic (exact) mass is 234 g/mol. The molecule has 0 aliphatic carbocycles. The van der Waals surface area contributed by atoms with E-state index in [0.717, 1.165) is 0 Å². The maximum atomic E-state index is 11.5. The second-order valence-corrected chi connectivity index (χ2v) is 3.01. The average Bonchev–Trinajstić information content (AvgIpc) is 2.72. The number of aromatic nitrogens is 5. The number of rotatable bonds is 3. The Labute approximate surface area is 96.5 Å². The predicted octanol–water partition coefficient (Wildman–Crippen LogP) is -0.184. The summed E-state index contributed by atoms with van der Waals surface area (Å²) in [7, 11) is 0. The Hall–Kier alpha value is -2.51. The van der Waals surface area contributed by atoms with Crippen molar-refractivity contribution < 1.29 is 9.53 Å². The van der Waals surface area contributed by atoms with E-state index >= 15 is 0 Å². The Bertz CT molecular complexity index is 524. The van der Waals surface area contributed by atoms with Crippen molar-refractivity contribution in [3.05, 3.63) is 24.4 Å². The quantitative estimate of drug-likeness (QED) is 0.733. The van der Waals surface area contributed by atoms with E-state index in [0.29, 0.717) is 0 Å². The fourth-order valence-corrected chi connectivity index (χ4v) is 1.22. The molecular formula is C9H10N6O2. The fraction of sp³-hybridized carbons (Fsp3) is 0.222. The molecule has 2 rings (SSSR count). The van der Waals surface area contributed by atoms with E-state index in [-0.39, 0.29) is 24.1 Å². The van der Waals surface area contributed by atoms with Gasteiger partial charge in [-0.15, -0.1) is 5.10 Å². The van der Waals surface area contributed by atoms with Crippen LogP contribution >= 0.6 is 0 Å². The van der Waals surface area contributed by atoms with Gasteiger partial charge in [0.15, 0.2) is 5.69 Å². The van der Waals surface area contributed by atoms with Gasteiger partial charge in [0.2, 0.25) is 0 Å². The van der Waals surface area contributed by atoms with Crippen LogP contribution in [-0.4, -0.2) is 37.3 Å². The number of hydrogen-bond donors (Lipinski definition) is 1. The molecule has 0 saturated heterocycles. The molecule has 0 radical (unpaired) electrons. The number of hydrogen-bond acceptors (Lipinski definition) is 7. The van der Waals surface area contributed by atoms with Crippen LogP contribution in [0.3, 0.4) is 0 Å². The zero-order chi connectivity index (χ0) is 12.3. The lowest BCUT2D eigenvalue weighted by Crippen LogP contribution is -2.10. The summed E-state index contributed by atoms with van der Waals surface area (Å²) in [6, 6.07) is 0. The van der Waals surface area contributed by atoms with Crippen LogP contribution in [0.4, 0.5) is 5.82 Å². The van der Waals surface area contributed by atoms with Crippen molar-refractivity contribution in [2.45, 2.75) is 6.92 Å². The molecule has 0 bridgehead atoms. The van der Waals surface area contributed by atoms with E-state index in [4.69, 9.17) is 10.5 Å². The number of ether oxygens (including phenoxy) is 1. The Balaban J connectivity index is 2.37. The third-order valence-corrected chi connectivity index (χ3v) is 1.96. The lowest BCUT2D eigenvalue weighted by Gasteiger charge is -2.02. The molecule has 2 aromatic heterocycles. The highest BCUT2D eigenvalue weighted by Gasteiger charge is 2.18. The van der Waals surface area contributed by atoms with Gasteiger partial charge in [0, 0.05) is 0 Å². The number of carbonyl (C=O) groups excluding carboxylic acids is 1. The predicted molar refractivity (Wildman–Crippen MR) is 57.3 cm³/mol. The third-order valence-electron chi connectivity index (χ3n) is 1.96. The summed E-state index contributed by atoms with van der Waals surface area (Å²) in [5.41, 5.74) is 5.80. The summed E-state index contributed by atoms with van der Waals surface area (Å²) in [6.45, 7) is 1.96. The molecule has 0 atom stereocenters. The number of nitrogens with two attached hydrogens (primary N) is 1. The van der Waals surface area contributed by atoms with Crippen LogP contribution in [0.25, 0.3) is 5.95 Å². The first-order chi connectivity index (χ1) is 8.24. The summed E-state index contributed by atoms with van der Waals surface area (Å²) in [6.07, 6.45) is 4.24. The van der Waals surface area contributed by atoms with Crippen LogP contribution in [0.5, 0.6) is 0 Å². The van der Waals surface area contributed by atoms with Gasteiger partial charge in [-0.2, -0.15) is 5.10 Å². The summed E-state index contributed by atoms with van der Waals surface area (Å²) in [4.78, 5) is 19.3. The first kappa shape index (κ1) is 11.0. The average molecular weight is 234 g/mol. The molecule has 8 nitrogen and oxygen atoms in total. The van der Waals surface area contributed by atoms with Crippen LogP contribution < -0.4 is 5.73 Å². The van der Waals surface area contributed by atoms with E-state index < -0.39 is 5.97 Å². The topological polar surface area (TPSA) is 109 Å². The number of esters is 1. The number of nitrogens with zero attached hydrogens (tertiary/aromatic N) is 5. The third kappa shape index (κ3) is 2.05. The Morgan fingerprint density at radius 1 is 1.47 bits per heavy atom. The molecular weight excluding hydrogens is 224 g/mol. The summed E-state index contributed by atoms with van der Waals surface area (Å²) in [5, 5.41) is 7.42. The molecule has 0 saturated carbocycles. The maximum absolute atomic E-state index is 11.5. The largest absolute Gasteiger partial charge is 0.461 e. The molecule has 17 heavy (non-hydrogen) atoms. The van der Waals surface area contributed by atoms with Gasteiger partial charge in [0.25, 0.3) is 5.95 Å². The van der Waals surface area contributed by atoms with Gasteiger partial charge in [-0.3, -0.25) is 4.57 Å². The van der Waals surface area contributed by atoms with Crippen molar-refractivity contribution >= 4 is 11.8 Å². The zero-order valence-corrected chi connectivity index (χ0v) is 9.07. The van der Waals surface area contributed by atoms with Crippen LogP contribution in [0, 0.1) is 0 Å². The summed E-state index contributed by atoms with van der Waals surface area (Å²) >= 11 is 0. The van der Waals surface area contributed by atoms with Gasteiger partial charge >= 0.3 is 5.97 Å². The Kier molecular flexibility index (Phi) is 2.95. The lowest BCUT2D eigenvalue weighted by atomic mass is 10.4. The maximum Gasteiger partial charge on any atom is 0.360 e. The SMILES string of the molecule is CCOC(=O)c1ncn(-c2nccnn2)c1N. The molecule has 0 fully saturated rings. The first-order valence-electron chi connectivity index (χ1n) is 4.88. The van der Waals surface area contributed by atoms with Crippen molar-refractivity contribution in [2.24, 2.45) is 0 Å². The highest BCUT2D eigenvalue weighted by molar-refractivity contribution is 5.92. The zero-order valence-electron chi connectivity index (χ0n) is 9.07. The van der Waals surface area contributed by atoms with Gasteiger partial charge in [-0.05, 0) is 6.92 Å². The molecule has 0 unspecified atom stereocenters. The van der Waals surface area contributed by atoms with Crippen LogP contribution in [0.1, 0.15) is 17.4 Å². The van der Waals surface area contributed by atoms with Gasteiger partial charge in [0.05, 0.1) is 19.0 Å². The van der Waals surface area contributed by atoms with Crippen LogP contribution in [-0.2, 0) is 4.74 Å². The van der Waals surface area contributed by atoms with E-state index in [9.17, 15) is 4.79 Å².